The summed E-state index contributed by atoms with van der Waals surface area (Å²) < 4.78 is 2.24. The number of benzene rings is 1. The summed E-state index contributed by atoms with van der Waals surface area (Å²) >= 11 is 0. The fraction of sp³-hybridized carbons (Fsp3) is 0.438. The Bertz CT molecular complexity index is 600. The lowest BCUT2D eigenvalue weighted by Gasteiger charge is -2.32. The Balaban J connectivity index is 1.90. The Labute approximate surface area is 120 Å². The molecule has 1 aliphatic heterocycles. The van der Waals surface area contributed by atoms with Crippen LogP contribution < -0.4 is 10.6 Å². The van der Waals surface area contributed by atoms with Gasteiger partial charge in [-0.3, -0.25) is 0 Å². The van der Waals surface area contributed by atoms with Gasteiger partial charge in [-0.15, -0.1) is 0 Å². The van der Waals surface area contributed by atoms with E-state index in [1.54, 1.807) is 0 Å². The smallest absolute Gasteiger partial charge is 0.0951 e. The highest BCUT2D eigenvalue weighted by atomic mass is 15.2. The minimum atomic E-state index is 0.442. The molecule has 0 amide bonds. The normalized spacial score (nSPS) is 14.7. The first-order chi connectivity index (χ1) is 9.66. The second kappa shape index (κ2) is 5.19. The standard InChI is InChI=1S/C16H22N4/c1-12(2)20-11-18-9-13(20)10-19-8-4-5-14-15(17)6-3-7-16(14)19/h3,6-7,9,11-12H,4-5,8,10,17H2,1-2H3. The average molecular weight is 270 g/mol. The molecule has 0 aliphatic carbocycles. The van der Waals surface area contributed by atoms with Crippen molar-refractivity contribution in [1.82, 2.24) is 9.55 Å². The monoisotopic (exact) mass is 270 g/mol. The zero-order valence-electron chi connectivity index (χ0n) is 12.2. The number of hydrogen-bond donors (Lipinski definition) is 1. The van der Waals surface area contributed by atoms with E-state index < -0.39 is 0 Å². The number of nitrogens with two attached hydrogens (primary N) is 1. The number of aromatic nitrogens is 2. The highest BCUT2D eigenvalue weighted by Crippen LogP contribution is 2.32. The van der Waals surface area contributed by atoms with Gasteiger partial charge in [0, 0.05) is 30.2 Å². The van der Waals surface area contributed by atoms with Gasteiger partial charge in [-0.05, 0) is 44.4 Å². The quantitative estimate of drug-likeness (QED) is 0.872. The molecule has 0 spiro atoms. The molecule has 0 radical (unpaired) electrons. The zero-order chi connectivity index (χ0) is 14.1. The van der Waals surface area contributed by atoms with Crippen molar-refractivity contribution in [2.75, 3.05) is 17.2 Å². The first-order valence-electron chi connectivity index (χ1n) is 7.30. The molecule has 2 N–H and O–H groups in total. The first-order valence-corrected chi connectivity index (χ1v) is 7.30. The van der Waals surface area contributed by atoms with Gasteiger partial charge in [0.1, 0.15) is 0 Å². The van der Waals surface area contributed by atoms with Gasteiger partial charge in [0.05, 0.1) is 18.6 Å². The summed E-state index contributed by atoms with van der Waals surface area (Å²) in [6.07, 6.45) is 6.14. The molecular formula is C16H22N4. The molecule has 4 nitrogen and oxygen atoms in total. The molecule has 4 heteroatoms. The average Bonchev–Trinajstić information content (AvgIpc) is 2.88. The summed E-state index contributed by atoms with van der Waals surface area (Å²) in [6, 6.07) is 6.67. The van der Waals surface area contributed by atoms with Crippen LogP contribution in [0.3, 0.4) is 0 Å². The number of nitrogen functional groups attached to an aromatic ring is 1. The maximum atomic E-state index is 6.11. The third kappa shape index (κ3) is 2.26. The van der Waals surface area contributed by atoms with Gasteiger partial charge in [-0.25, -0.2) is 4.98 Å². The van der Waals surface area contributed by atoms with E-state index in [-0.39, 0.29) is 0 Å². The fourth-order valence-electron chi connectivity index (χ4n) is 3.01. The Morgan fingerprint density at radius 3 is 3.00 bits per heavy atom. The first kappa shape index (κ1) is 13.0. The van der Waals surface area contributed by atoms with Crippen LogP contribution in [0.4, 0.5) is 11.4 Å². The summed E-state index contributed by atoms with van der Waals surface area (Å²) in [7, 11) is 0. The lowest BCUT2D eigenvalue weighted by atomic mass is 10.00. The van der Waals surface area contributed by atoms with E-state index in [4.69, 9.17) is 5.73 Å². The third-order valence-electron chi connectivity index (χ3n) is 4.04. The fourth-order valence-corrected chi connectivity index (χ4v) is 3.01. The topological polar surface area (TPSA) is 47.1 Å². The zero-order valence-corrected chi connectivity index (χ0v) is 12.2. The van der Waals surface area contributed by atoms with Crippen molar-refractivity contribution in [1.29, 1.82) is 0 Å². The van der Waals surface area contributed by atoms with E-state index in [1.807, 2.05) is 24.7 Å². The lowest BCUT2D eigenvalue weighted by Crippen LogP contribution is -2.30. The van der Waals surface area contributed by atoms with Crippen molar-refractivity contribution in [3.05, 3.63) is 42.0 Å². The molecule has 1 aromatic carbocycles. The number of fused-ring (bicyclic) bond motifs is 1. The minimum Gasteiger partial charge on any atom is -0.398 e. The highest BCUT2D eigenvalue weighted by Gasteiger charge is 2.20. The number of rotatable bonds is 3. The molecule has 0 saturated heterocycles. The highest BCUT2D eigenvalue weighted by molar-refractivity contribution is 5.66. The van der Waals surface area contributed by atoms with Crippen LogP contribution in [0, 0.1) is 0 Å². The summed E-state index contributed by atoms with van der Waals surface area (Å²) in [5.41, 5.74) is 10.9. The molecule has 0 fully saturated rings. The summed E-state index contributed by atoms with van der Waals surface area (Å²) in [4.78, 5) is 6.72. The Hall–Kier alpha value is -1.97. The van der Waals surface area contributed by atoms with E-state index in [9.17, 15) is 0 Å². The predicted molar refractivity (Wildman–Crippen MR) is 82.8 cm³/mol. The van der Waals surface area contributed by atoms with Gasteiger partial charge in [-0.2, -0.15) is 0 Å². The van der Waals surface area contributed by atoms with E-state index in [2.05, 4.69) is 34.4 Å². The van der Waals surface area contributed by atoms with E-state index in [0.717, 1.165) is 31.6 Å². The van der Waals surface area contributed by atoms with Gasteiger partial charge in [0.25, 0.3) is 0 Å². The second-order valence-corrected chi connectivity index (χ2v) is 5.76. The van der Waals surface area contributed by atoms with Crippen LogP contribution in [0.5, 0.6) is 0 Å². The molecule has 2 heterocycles. The third-order valence-corrected chi connectivity index (χ3v) is 4.04. The van der Waals surface area contributed by atoms with Crippen molar-refractivity contribution in [3.63, 3.8) is 0 Å². The molecule has 3 rings (SSSR count). The maximum absolute atomic E-state index is 6.11. The molecular weight excluding hydrogens is 248 g/mol. The van der Waals surface area contributed by atoms with Crippen LogP contribution in [0.15, 0.2) is 30.7 Å². The molecule has 2 aromatic rings. The summed E-state index contributed by atoms with van der Waals surface area (Å²) in [5, 5.41) is 0. The van der Waals surface area contributed by atoms with Crippen molar-refractivity contribution in [3.8, 4) is 0 Å². The maximum Gasteiger partial charge on any atom is 0.0951 e. The minimum absolute atomic E-state index is 0.442. The van der Waals surface area contributed by atoms with Crippen LogP contribution in [-0.2, 0) is 13.0 Å². The molecule has 0 atom stereocenters. The molecule has 0 bridgehead atoms. The Morgan fingerprint density at radius 1 is 1.35 bits per heavy atom. The Kier molecular flexibility index (Phi) is 3.38. The van der Waals surface area contributed by atoms with E-state index in [1.165, 1.54) is 16.9 Å². The van der Waals surface area contributed by atoms with Crippen molar-refractivity contribution in [2.24, 2.45) is 0 Å². The largest absolute Gasteiger partial charge is 0.398 e. The van der Waals surface area contributed by atoms with Crippen molar-refractivity contribution in [2.45, 2.75) is 39.3 Å². The van der Waals surface area contributed by atoms with Crippen LogP contribution in [0.1, 0.15) is 37.6 Å². The van der Waals surface area contributed by atoms with E-state index in [0.29, 0.717) is 6.04 Å². The molecule has 1 aromatic heterocycles. The van der Waals surface area contributed by atoms with Crippen LogP contribution in [0.2, 0.25) is 0 Å². The molecule has 20 heavy (non-hydrogen) atoms. The van der Waals surface area contributed by atoms with Gasteiger partial charge in [0.15, 0.2) is 0 Å². The molecule has 1 aliphatic rings. The van der Waals surface area contributed by atoms with Gasteiger partial charge in [0.2, 0.25) is 0 Å². The number of imidazole rings is 1. The molecule has 106 valence electrons. The van der Waals surface area contributed by atoms with Crippen LogP contribution >= 0.6 is 0 Å². The number of nitrogens with zero attached hydrogens (tertiary/aromatic N) is 3. The summed E-state index contributed by atoms with van der Waals surface area (Å²) in [6.45, 7) is 6.36. The summed E-state index contributed by atoms with van der Waals surface area (Å²) in [5.74, 6) is 0. The van der Waals surface area contributed by atoms with Crippen molar-refractivity contribution >= 4 is 11.4 Å². The lowest BCUT2D eigenvalue weighted by molar-refractivity contribution is 0.562. The van der Waals surface area contributed by atoms with E-state index >= 15 is 0 Å². The second-order valence-electron chi connectivity index (χ2n) is 5.76. The molecule has 0 unspecified atom stereocenters. The predicted octanol–water partition coefficient (Wildman–Crippen LogP) is 3.00. The Morgan fingerprint density at radius 2 is 2.20 bits per heavy atom. The number of hydrogen-bond acceptors (Lipinski definition) is 3. The SMILES string of the molecule is CC(C)n1cncc1CN1CCCc2c(N)cccc21. The van der Waals surface area contributed by atoms with Crippen molar-refractivity contribution < 1.29 is 0 Å². The van der Waals surface area contributed by atoms with Crippen LogP contribution in [0.25, 0.3) is 0 Å². The number of anilines is 2. The van der Waals surface area contributed by atoms with Gasteiger partial charge < -0.3 is 15.2 Å². The van der Waals surface area contributed by atoms with Gasteiger partial charge in [-0.1, -0.05) is 6.07 Å². The molecule has 0 saturated carbocycles. The van der Waals surface area contributed by atoms with Gasteiger partial charge >= 0.3 is 0 Å². The van der Waals surface area contributed by atoms with Crippen LogP contribution in [-0.4, -0.2) is 16.1 Å².